The summed E-state index contributed by atoms with van der Waals surface area (Å²) in [5.41, 5.74) is 6.93. The van der Waals surface area contributed by atoms with Gasteiger partial charge in [0, 0.05) is 30.4 Å². The van der Waals surface area contributed by atoms with Gasteiger partial charge in [0.2, 0.25) is 11.8 Å². The van der Waals surface area contributed by atoms with Crippen LogP contribution in [0.1, 0.15) is 91.0 Å². The number of hydrogen-bond acceptors (Lipinski definition) is 9. The van der Waals surface area contributed by atoms with Gasteiger partial charge >= 0.3 is 12.2 Å². The summed E-state index contributed by atoms with van der Waals surface area (Å²) in [7, 11) is 0. The SMILES string of the molecule is CCOC(=O)N[C@H](C(=O)N1CCC[C@H]1c1nc2cc(-c3ccc(-c4ccc5nc([C@@H]6CCCN6C(=O)[C@@H](NC(=O)OCC)C(C)C)[nH]c5c4)nc3)ccc2[nH]1)C(C)C. The molecule has 306 valence electrons. The van der Waals surface area contributed by atoms with Gasteiger partial charge in [-0.1, -0.05) is 45.9 Å². The predicted molar refractivity (Wildman–Crippen MR) is 219 cm³/mol. The molecule has 15 nitrogen and oxygen atoms in total. The third-order valence-corrected chi connectivity index (χ3v) is 11.1. The van der Waals surface area contributed by atoms with Crippen molar-refractivity contribution >= 4 is 46.1 Å². The van der Waals surface area contributed by atoms with Crippen molar-refractivity contribution in [3.63, 3.8) is 0 Å². The maximum absolute atomic E-state index is 13.7. The molecule has 58 heavy (non-hydrogen) atoms. The topological polar surface area (TPSA) is 188 Å². The number of alkyl carbamates (subject to hydrolysis) is 2. The number of nitrogens with one attached hydrogen (secondary N) is 4. The summed E-state index contributed by atoms with van der Waals surface area (Å²) < 4.78 is 10.1. The van der Waals surface area contributed by atoms with E-state index in [9.17, 15) is 19.2 Å². The van der Waals surface area contributed by atoms with Crippen LogP contribution in [0.25, 0.3) is 44.5 Å². The van der Waals surface area contributed by atoms with Crippen molar-refractivity contribution in [1.29, 1.82) is 0 Å². The highest BCUT2D eigenvalue weighted by molar-refractivity contribution is 5.88. The molecule has 0 saturated carbocycles. The molecule has 2 aliphatic heterocycles. The second-order valence-corrected chi connectivity index (χ2v) is 15.7. The Morgan fingerprint density at radius 2 is 1.22 bits per heavy atom. The Morgan fingerprint density at radius 3 is 1.76 bits per heavy atom. The minimum atomic E-state index is -0.699. The van der Waals surface area contributed by atoms with Gasteiger partial charge < -0.3 is 39.9 Å². The van der Waals surface area contributed by atoms with Crippen LogP contribution < -0.4 is 10.6 Å². The molecule has 0 unspecified atom stereocenters. The van der Waals surface area contributed by atoms with Crippen LogP contribution in [-0.4, -0.2) is 97.1 Å². The number of pyridine rings is 1. The average Bonchev–Trinajstić information content (AvgIpc) is 4.03. The van der Waals surface area contributed by atoms with Crippen molar-refractivity contribution < 1.29 is 28.7 Å². The van der Waals surface area contributed by atoms with Gasteiger partial charge in [0.1, 0.15) is 23.7 Å². The highest BCUT2D eigenvalue weighted by Gasteiger charge is 2.39. The highest BCUT2D eigenvalue weighted by atomic mass is 16.6. The van der Waals surface area contributed by atoms with Gasteiger partial charge in [-0.05, 0) is 87.3 Å². The van der Waals surface area contributed by atoms with Crippen LogP contribution in [0.2, 0.25) is 0 Å². The molecule has 0 bridgehead atoms. The Morgan fingerprint density at radius 1 is 0.690 bits per heavy atom. The third-order valence-electron chi connectivity index (χ3n) is 11.1. The average molecular weight is 792 g/mol. The second-order valence-electron chi connectivity index (χ2n) is 15.7. The number of rotatable bonds is 12. The second kappa shape index (κ2) is 17.2. The zero-order valence-electron chi connectivity index (χ0n) is 34.0. The van der Waals surface area contributed by atoms with Crippen LogP contribution in [-0.2, 0) is 19.1 Å². The lowest BCUT2D eigenvalue weighted by Gasteiger charge is -2.30. The van der Waals surface area contributed by atoms with E-state index in [2.05, 4.69) is 20.6 Å². The quantitative estimate of drug-likeness (QED) is 0.103. The van der Waals surface area contributed by atoms with Crippen LogP contribution in [0.3, 0.4) is 0 Å². The first kappa shape index (κ1) is 40.2. The first-order valence-electron chi connectivity index (χ1n) is 20.4. The van der Waals surface area contributed by atoms with Crippen molar-refractivity contribution in [2.24, 2.45) is 11.8 Å². The molecule has 5 heterocycles. The number of likely N-dealkylation sites (tertiary alicyclic amines) is 2. The lowest BCUT2D eigenvalue weighted by Crippen LogP contribution is -2.51. The van der Waals surface area contributed by atoms with Crippen molar-refractivity contribution in [3.05, 3.63) is 66.4 Å². The molecule has 2 fully saturated rings. The van der Waals surface area contributed by atoms with Gasteiger partial charge in [-0.25, -0.2) is 19.6 Å². The Hall–Kier alpha value is -5.99. The molecule has 0 spiro atoms. The fourth-order valence-electron chi connectivity index (χ4n) is 8.06. The minimum absolute atomic E-state index is 0.114. The number of imidazole rings is 2. The molecular weight excluding hydrogens is 739 g/mol. The third kappa shape index (κ3) is 8.34. The fraction of sp³-hybridized carbons (Fsp3) is 0.465. The van der Waals surface area contributed by atoms with E-state index in [-0.39, 0.29) is 48.9 Å². The molecule has 4 amide bonds. The normalized spacial score (nSPS) is 17.9. The summed E-state index contributed by atoms with van der Waals surface area (Å²) in [5, 5.41) is 5.50. The predicted octanol–water partition coefficient (Wildman–Crippen LogP) is 7.04. The Balaban J connectivity index is 1.05. The number of H-pyrrole nitrogens is 2. The maximum Gasteiger partial charge on any atom is 0.407 e. The van der Waals surface area contributed by atoms with Crippen LogP contribution in [0.5, 0.6) is 0 Å². The number of ether oxygens (including phenoxy) is 2. The van der Waals surface area contributed by atoms with E-state index in [1.165, 1.54) is 0 Å². The maximum atomic E-state index is 13.7. The van der Waals surface area contributed by atoms with Crippen molar-refractivity contribution in [3.8, 4) is 22.4 Å². The summed E-state index contributed by atoms with van der Waals surface area (Å²) in [6, 6.07) is 14.2. The number of amides is 4. The van der Waals surface area contributed by atoms with E-state index in [0.29, 0.717) is 13.1 Å². The summed E-state index contributed by atoms with van der Waals surface area (Å²) in [4.78, 5) is 77.0. The highest BCUT2D eigenvalue weighted by Crippen LogP contribution is 2.35. The van der Waals surface area contributed by atoms with Gasteiger partial charge in [-0.15, -0.1) is 0 Å². The summed E-state index contributed by atoms with van der Waals surface area (Å²) in [6.45, 7) is 12.7. The molecule has 0 aliphatic carbocycles. The molecule has 7 rings (SSSR count). The van der Waals surface area contributed by atoms with Crippen molar-refractivity contribution in [2.45, 2.75) is 91.4 Å². The summed E-state index contributed by atoms with van der Waals surface area (Å²) in [6.07, 6.45) is 3.88. The Bertz CT molecular complexity index is 2120. The zero-order valence-corrected chi connectivity index (χ0v) is 34.0. The number of hydrogen-bond donors (Lipinski definition) is 4. The van der Waals surface area contributed by atoms with Gasteiger partial charge in [-0.3, -0.25) is 14.6 Å². The van der Waals surface area contributed by atoms with Gasteiger partial charge in [0.05, 0.1) is 53.1 Å². The van der Waals surface area contributed by atoms with E-state index in [4.69, 9.17) is 24.4 Å². The molecule has 2 aliphatic rings. The first-order chi connectivity index (χ1) is 27.9. The molecule has 15 heteroatoms. The van der Waals surface area contributed by atoms with Gasteiger partial charge in [-0.2, -0.15) is 0 Å². The van der Waals surface area contributed by atoms with Gasteiger partial charge in [0.25, 0.3) is 0 Å². The number of aromatic nitrogens is 5. The van der Waals surface area contributed by atoms with Crippen molar-refractivity contribution in [2.75, 3.05) is 26.3 Å². The molecule has 5 aromatic rings. The van der Waals surface area contributed by atoms with E-state index < -0.39 is 24.3 Å². The summed E-state index contributed by atoms with van der Waals surface area (Å²) in [5.74, 6) is 0.929. The number of aromatic amines is 2. The lowest BCUT2D eigenvalue weighted by molar-refractivity contribution is -0.136. The van der Waals surface area contributed by atoms with Crippen LogP contribution in [0.4, 0.5) is 9.59 Å². The molecule has 4 atom stereocenters. The van der Waals surface area contributed by atoms with E-state index in [0.717, 1.165) is 81.8 Å². The number of nitrogens with zero attached hydrogens (tertiary/aromatic N) is 5. The van der Waals surface area contributed by atoms with E-state index in [1.54, 1.807) is 13.8 Å². The minimum Gasteiger partial charge on any atom is -0.450 e. The van der Waals surface area contributed by atoms with Crippen LogP contribution in [0.15, 0.2) is 54.7 Å². The largest absolute Gasteiger partial charge is 0.450 e. The number of carbonyl (C=O) groups is 4. The molecule has 0 radical (unpaired) electrons. The zero-order chi connectivity index (χ0) is 41.1. The van der Waals surface area contributed by atoms with Crippen molar-refractivity contribution in [1.82, 2.24) is 45.4 Å². The standard InChI is InChI=1S/C43H53N9O6/c1-7-57-42(55)49-36(24(3)4)40(53)51-19-9-11-34(51)38-45-30-17-13-26(21-32(30)47-38)28-15-16-29(44-23-28)27-14-18-31-33(22-27)48-39(46-31)35-12-10-20-52(35)41(54)37(25(5)6)50-43(56)58-8-2/h13-18,21-25,34-37H,7-12,19-20H2,1-6H3,(H,45,47)(H,46,48)(H,49,55)(H,50,56)/t34-,35-,36-,37-/m0/s1. The molecular formula is C43H53N9O6. The van der Waals surface area contributed by atoms with E-state index in [1.807, 2.05) is 92.2 Å². The lowest BCUT2D eigenvalue weighted by atomic mass is 10.0. The first-order valence-corrected chi connectivity index (χ1v) is 20.4. The van der Waals surface area contributed by atoms with Crippen LogP contribution in [0, 0.1) is 11.8 Å². The number of benzene rings is 2. The Labute approximate surface area is 337 Å². The van der Waals surface area contributed by atoms with E-state index >= 15 is 0 Å². The number of fused-ring (bicyclic) bond motifs is 2. The summed E-state index contributed by atoms with van der Waals surface area (Å²) >= 11 is 0. The monoisotopic (exact) mass is 791 g/mol. The number of carbonyl (C=O) groups excluding carboxylic acids is 4. The Kier molecular flexibility index (Phi) is 12.0. The van der Waals surface area contributed by atoms with Gasteiger partial charge in [0.15, 0.2) is 0 Å². The van der Waals surface area contributed by atoms with Crippen LogP contribution >= 0.6 is 0 Å². The molecule has 2 aromatic carbocycles. The smallest absolute Gasteiger partial charge is 0.407 e. The fourth-order valence-corrected chi connectivity index (χ4v) is 8.06. The molecule has 3 aromatic heterocycles. The molecule has 4 N–H and O–H groups in total. The molecule has 2 saturated heterocycles.